The summed E-state index contributed by atoms with van der Waals surface area (Å²) in [6.07, 6.45) is 3.24. The molecule has 0 bridgehead atoms. The predicted molar refractivity (Wildman–Crippen MR) is 84.4 cm³/mol. The van der Waals surface area contributed by atoms with Crippen molar-refractivity contribution in [1.29, 1.82) is 0 Å². The van der Waals surface area contributed by atoms with Crippen LogP contribution in [0.2, 0.25) is 0 Å². The van der Waals surface area contributed by atoms with Gasteiger partial charge in [-0.15, -0.1) is 0 Å². The van der Waals surface area contributed by atoms with Gasteiger partial charge in [0, 0.05) is 0 Å². The molecule has 0 saturated carbocycles. The number of rotatable bonds is 6. The molecule has 22 heavy (non-hydrogen) atoms. The first-order valence-corrected chi connectivity index (χ1v) is 7.74. The fourth-order valence-electron chi connectivity index (χ4n) is 2.50. The first kappa shape index (κ1) is 16.3. The van der Waals surface area contributed by atoms with Crippen molar-refractivity contribution < 1.29 is 19.1 Å². The Labute approximate surface area is 131 Å². The van der Waals surface area contributed by atoms with Crippen LogP contribution in [0, 0.1) is 6.92 Å². The van der Waals surface area contributed by atoms with Gasteiger partial charge in [0.1, 0.15) is 5.92 Å². The van der Waals surface area contributed by atoms with E-state index < -0.39 is 11.9 Å². The van der Waals surface area contributed by atoms with E-state index in [1.165, 1.54) is 0 Å². The number of aryl methyl sites for hydroxylation is 1. The zero-order chi connectivity index (χ0) is 16.1. The highest BCUT2D eigenvalue weighted by Gasteiger charge is 2.37. The second-order valence-corrected chi connectivity index (χ2v) is 5.47. The predicted octanol–water partition coefficient (Wildman–Crippen LogP) is 3.38. The van der Waals surface area contributed by atoms with Crippen molar-refractivity contribution >= 4 is 18.0 Å². The third kappa shape index (κ3) is 3.38. The van der Waals surface area contributed by atoms with Crippen molar-refractivity contribution in [2.24, 2.45) is 0 Å². The van der Waals surface area contributed by atoms with Crippen LogP contribution in [0.15, 0.2) is 23.8 Å². The Kier molecular flexibility index (Phi) is 5.36. The average Bonchev–Trinajstić information content (AvgIpc) is 2.88. The van der Waals surface area contributed by atoms with E-state index in [-0.39, 0.29) is 5.97 Å². The molecule has 4 heteroatoms. The zero-order valence-corrected chi connectivity index (χ0v) is 13.3. The molecule has 0 amide bonds. The molecule has 0 aromatic heterocycles. The van der Waals surface area contributed by atoms with Crippen LogP contribution in [-0.4, -0.2) is 25.2 Å². The summed E-state index contributed by atoms with van der Waals surface area (Å²) >= 11 is 0. The van der Waals surface area contributed by atoms with Gasteiger partial charge in [0.05, 0.1) is 18.8 Å². The van der Waals surface area contributed by atoms with Gasteiger partial charge in [-0.2, -0.15) is 0 Å². The number of carbonyl (C=O) groups excluding carboxylic acids is 2. The van der Waals surface area contributed by atoms with Crippen LogP contribution in [0.1, 0.15) is 49.3 Å². The average molecular weight is 302 g/mol. The lowest BCUT2D eigenvalue weighted by atomic mass is 9.95. The van der Waals surface area contributed by atoms with E-state index in [1.54, 1.807) is 6.08 Å². The summed E-state index contributed by atoms with van der Waals surface area (Å²) in [7, 11) is 0. The number of hydrogen-bond donors (Lipinski definition) is 0. The standard InChI is InChI=1S/C18H22O4/c1-4-8-21-17(19)15-11-13-10-12(3)6-7-14(13)16(15)18(20)22-9-5-2/h6-7,10-11,16H,4-5,8-9H2,1-3H3. The van der Waals surface area contributed by atoms with Crippen LogP contribution in [-0.2, 0) is 19.1 Å². The second-order valence-electron chi connectivity index (χ2n) is 5.47. The summed E-state index contributed by atoms with van der Waals surface area (Å²) in [5.41, 5.74) is 3.16. The van der Waals surface area contributed by atoms with E-state index in [2.05, 4.69) is 0 Å². The van der Waals surface area contributed by atoms with Gasteiger partial charge in [-0.1, -0.05) is 37.6 Å². The number of fused-ring (bicyclic) bond motifs is 1. The maximum absolute atomic E-state index is 12.4. The van der Waals surface area contributed by atoms with E-state index in [9.17, 15) is 9.59 Å². The van der Waals surface area contributed by atoms with Crippen LogP contribution >= 0.6 is 0 Å². The Bertz CT molecular complexity index is 601. The first-order chi connectivity index (χ1) is 10.6. The minimum atomic E-state index is -0.675. The highest BCUT2D eigenvalue weighted by atomic mass is 16.5. The molecule has 0 fully saturated rings. The van der Waals surface area contributed by atoms with Gasteiger partial charge in [0.15, 0.2) is 0 Å². The molecule has 118 valence electrons. The van der Waals surface area contributed by atoms with Gasteiger partial charge >= 0.3 is 11.9 Å². The van der Waals surface area contributed by atoms with Crippen molar-refractivity contribution in [2.75, 3.05) is 13.2 Å². The van der Waals surface area contributed by atoms with E-state index >= 15 is 0 Å². The molecule has 1 aliphatic carbocycles. The molecule has 1 atom stereocenters. The fraction of sp³-hybridized carbons (Fsp3) is 0.444. The molecule has 0 N–H and O–H groups in total. The molecule has 0 spiro atoms. The van der Waals surface area contributed by atoms with E-state index in [4.69, 9.17) is 9.47 Å². The van der Waals surface area contributed by atoms with Gasteiger partial charge in [-0.3, -0.25) is 4.79 Å². The molecule has 4 nitrogen and oxygen atoms in total. The molecule has 1 unspecified atom stereocenters. The monoisotopic (exact) mass is 302 g/mol. The van der Waals surface area contributed by atoms with E-state index in [0.29, 0.717) is 18.8 Å². The summed E-state index contributed by atoms with van der Waals surface area (Å²) < 4.78 is 10.5. The third-order valence-corrected chi connectivity index (χ3v) is 3.53. The van der Waals surface area contributed by atoms with Crippen LogP contribution in [0.3, 0.4) is 0 Å². The summed E-state index contributed by atoms with van der Waals surface area (Å²) in [4.78, 5) is 24.6. The third-order valence-electron chi connectivity index (χ3n) is 3.53. The number of carbonyl (C=O) groups is 2. The Morgan fingerprint density at radius 1 is 1.09 bits per heavy atom. The minimum Gasteiger partial charge on any atom is -0.465 e. The quantitative estimate of drug-likeness (QED) is 0.756. The summed E-state index contributed by atoms with van der Waals surface area (Å²) in [5.74, 6) is -1.50. The SMILES string of the molecule is CCCOC(=O)C1=Cc2cc(C)ccc2C1C(=O)OCCC. The number of ether oxygens (including phenoxy) is 2. The Morgan fingerprint density at radius 3 is 2.45 bits per heavy atom. The molecule has 1 aromatic carbocycles. The number of hydrogen-bond acceptors (Lipinski definition) is 4. The maximum atomic E-state index is 12.4. The normalized spacial score (nSPS) is 16.0. The molecule has 0 radical (unpaired) electrons. The fourth-order valence-corrected chi connectivity index (χ4v) is 2.50. The lowest BCUT2D eigenvalue weighted by Gasteiger charge is -2.15. The van der Waals surface area contributed by atoms with Gasteiger partial charge in [0.25, 0.3) is 0 Å². The largest absolute Gasteiger partial charge is 0.465 e. The summed E-state index contributed by atoms with van der Waals surface area (Å²) in [6, 6.07) is 5.79. The smallest absolute Gasteiger partial charge is 0.335 e. The van der Waals surface area contributed by atoms with Crippen molar-refractivity contribution in [2.45, 2.75) is 39.5 Å². The number of esters is 2. The molecule has 0 heterocycles. The van der Waals surface area contributed by atoms with Gasteiger partial charge < -0.3 is 9.47 Å². The second kappa shape index (κ2) is 7.25. The first-order valence-electron chi connectivity index (χ1n) is 7.74. The highest BCUT2D eigenvalue weighted by Crippen LogP contribution is 2.38. The molecule has 1 aromatic rings. The van der Waals surface area contributed by atoms with Crippen molar-refractivity contribution in [3.05, 3.63) is 40.5 Å². The highest BCUT2D eigenvalue weighted by molar-refractivity contribution is 6.05. The minimum absolute atomic E-state index is 0.349. The molecule has 0 aliphatic heterocycles. The summed E-state index contributed by atoms with van der Waals surface area (Å²) in [6.45, 7) is 6.55. The van der Waals surface area contributed by atoms with Crippen molar-refractivity contribution in [3.63, 3.8) is 0 Å². The zero-order valence-electron chi connectivity index (χ0n) is 13.3. The molecule has 0 saturated heterocycles. The molecular formula is C18H22O4. The van der Waals surface area contributed by atoms with Crippen LogP contribution in [0.25, 0.3) is 6.08 Å². The lowest BCUT2D eigenvalue weighted by Crippen LogP contribution is -2.22. The van der Waals surface area contributed by atoms with Crippen molar-refractivity contribution in [1.82, 2.24) is 0 Å². The molecular weight excluding hydrogens is 280 g/mol. The lowest BCUT2D eigenvalue weighted by molar-refractivity contribution is -0.147. The Morgan fingerprint density at radius 2 is 1.77 bits per heavy atom. The summed E-state index contributed by atoms with van der Waals surface area (Å²) in [5, 5.41) is 0. The Balaban J connectivity index is 2.31. The van der Waals surface area contributed by atoms with Crippen molar-refractivity contribution in [3.8, 4) is 0 Å². The van der Waals surface area contributed by atoms with Crippen LogP contribution < -0.4 is 0 Å². The maximum Gasteiger partial charge on any atom is 0.335 e. The van der Waals surface area contributed by atoms with Crippen LogP contribution in [0.5, 0.6) is 0 Å². The van der Waals surface area contributed by atoms with E-state index in [0.717, 1.165) is 29.5 Å². The van der Waals surface area contributed by atoms with E-state index in [1.807, 2.05) is 39.0 Å². The Hall–Kier alpha value is -2.10. The van der Waals surface area contributed by atoms with Crippen LogP contribution in [0.4, 0.5) is 0 Å². The number of benzene rings is 1. The molecule has 2 rings (SSSR count). The van der Waals surface area contributed by atoms with Gasteiger partial charge in [0.2, 0.25) is 0 Å². The topological polar surface area (TPSA) is 52.6 Å². The van der Waals surface area contributed by atoms with Gasteiger partial charge in [-0.05, 0) is 37.0 Å². The molecule has 1 aliphatic rings. The van der Waals surface area contributed by atoms with Gasteiger partial charge in [-0.25, -0.2) is 4.79 Å².